The predicted molar refractivity (Wildman–Crippen MR) is 120 cm³/mol. The van der Waals surface area contributed by atoms with Crippen LogP contribution in [0.15, 0.2) is 43.0 Å². The fraction of sp³-hybridized carbons (Fsp3) is 0.150. The van der Waals surface area contributed by atoms with Gasteiger partial charge in [0, 0.05) is 16.1 Å². The van der Waals surface area contributed by atoms with Crippen LogP contribution in [0.25, 0.3) is 5.69 Å². The number of hydrogen-bond donors (Lipinski definition) is 2. The Bertz CT molecular complexity index is 1320. The molecule has 3 aromatic heterocycles. The maximum atomic E-state index is 12.8. The lowest BCUT2D eigenvalue weighted by atomic mass is 10.2. The van der Waals surface area contributed by atoms with Gasteiger partial charge < -0.3 is 10.2 Å². The average molecular weight is 488 g/mol. The number of hydrogen-bond acceptors (Lipinski definition) is 6. The first-order valence-corrected chi connectivity index (χ1v) is 11.1. The number of halogens is 2. The molecule has 4 heterocycles. The van der Waals surface area contributed by atoms with E-state index < -0.39 is 0 Å². The molecule has 32 heavy (non-hydrogen) atoms. The molecular weight excluding hydrogens is 473 g/mol. The highest BCUT2D eigenvalue weighted by molar-refractivity contribution is 7.16. The number of benzene rings is 1. The van der Waals surface area contributed by atoms with Gasteiger partial charge in [0.1, 0.15) is 12.7 Å². The Hall–Kier alpha value is -3.21. The van der Waals surface area contributed by atoms with Gasteiger partial charge >= 0.3 is 0 Å². The summed E-state index contributed by atoms with van der Waals surface area (Å²) in [7, 11) is 0. The summed E-state index contributed by atoms with van der Waals surface area (Å²) in [5, 5.41) is 14.3. The fourth-order valence-electron chi connectivity index (χ4n) is 3.51. The van der Waals surface area contributed by atoms with Gasteiger partial charge in [0.25, 0.3) is 5.91 Å². The van der Waals surface area contributed by atoms with Gasteiger partial charge in [-0.3, -0.25) is 14.7 Å². The lowest BCUT2D eigenvalue weighted by molar-refractivity contribution is -0.131. The third-order valence-electron chi connectivity index (χ3n) is 5.04. The number of nitrogens with zero attached hydrogens (tertiary/aromatic N) is 5. The van der Waals surface area contributed by atoms with Crippen molar-refractivity contribution in [2.45, 2.75) is 19.5 Å². The first-order valence-electron chi connectivity index (χ1n) is 9.52. The monoisotopic (exact) mass is 487 g/mol. The van der Waals surface area contributed by atoms with E-state index in [2.05, 4.69) is 25.6 Å². The zero-order valence-electron chi connectivity index (χ0n) is 16.4. The highest BCUT2D eigenvalue weighted by Gasteiger charge is 2.30. The number of amides is 2. The number of carbonyl (C=O) groups is 2. The lowest BCUT2D eigenvalue weighted by Gasteiger charge is -2.15. The number of H-pyrrole nitrogens is 1. The van der Waals surface area contributed by atoms with Crippen molar-refractivity contribution in [1.82, 2.24) is 29.9 Å². The number of rotatable bonds is 5. The quantitative estimate of drug-likeness (QED) is 0.446. The molecule has 5 rings (SSSR count). The van der Waals surface area contributed by atoms with E-state index >= 15 is 0 Å². The average Bonchev–Trinajstić information content (AvgIpc) is 3.53. The maximum Gasteiger partial charge on any atom is 0.276 e. The Morgan fingerprint density at radius 1 is 1.19 bits per heavy atom. The molecule has 2 amide bonds. The van der Waals surface area contributed by atoms with Crippen LogP contribution in [0, 0.1) is 0 Å². The second kappa shape index (κ2) is 8.38. The van der Waals surface area contributed by atoms with Crippen molar-refractivity contribution in [2.75, 3.05) is 5.32 Å². The summed E-state index contributed by atoms with van der Waals surface area (Å²) in [6.45, 7) is 0.699. The summed E-state index contributed by atoms with van der Waals surface area (Å²) < 4.78 is 2.18. The van der Waals surface area contributed by atoms with E-state index in [0.29, 0.717) is 39.4 Å². The predicted octanol–water partition coefficient (Wildman–Crippen LogP) is 3.70. The highest BCUT2D eigenvalue weighted by atomic mass is 35.5. The third-order valence-corrected chi connectivity index (χ3v) is 6.58. The van der Waals surface area contributed by atoms with E-state index in [1.54, 1.807) is 29.2 Å². The summed E-state index contributed by atoms with van der Waals surface area (Å²) in [6.07, 6.45) is 3.22. The van der Waals surface area contributed by atoms with Crippen molar-refractivity contribution < 1.29 is 9.59 Å². The normalized spacial score (nSPS) is 12.8. The molecule has 0 bridgehead atoms. The van der Waals surface area contributed by atoms with E-state index in [0.717, 1.165) is 10.6 Å². The summed E-state index contributed by atoms with van der Waals surface area (Å²) in [5.74, 6) is -0.415. The van der Waals surface area contributed by atoms with Gasteiger partial charge in [0.15, 0.2) is 5.69 Å². The summed E-state index contributed by atoms with van der Waals surface area (Å²) in [4.78, 5) is 32.0. The molecule has 0 spiro atoms. The second-order valence-corrected chi connectivity index (χ2v) is 9.33. The number of nitrogens with one attached hydrogen (secondary N) is 2. The van der Waals surface area contributed by atoms with Crippen LogP contribution in [0.5, 0.6) is 0 Å². The first kappa shape index (κ1) is 20.7. The molecule has 1 aliphatic heterocycles. The molecule has 0 fully saturated rings. The second-order valence-electron chi connectivity index (χ2n) is 7.12. The Labute approximate surface area is 196 Å². The van der Waals surface area contributed by atoms with Gasteiger partial charge in [0.2, 0.25) is 5.91 Å². The summed E-state index contributed by atoms with van der Waals surface area (Å²) in [6, 6.07) is 8.71. The Morgan fingerprint density at radius 2 is 2.06 bits per heavy atom. The van der Waals surface area contributed by atoms with E-state index in [1.807, 2.05) is 6.07 Å². The minimum Gasteiger partial charge on any atom is -0.332 e. The molecule has 0 radical (unpaired) electrons. The topological polar surface area (TPSA) is 109 Å². The Kier molecular flexibility index (Phi) is 5.41. The molecule has 12 heteroatoms. The molecule has 0 saturated heterocycles. The number of aromatic nitrogens is 5. The number of anilines is 1. The zero-order valence-corrected chi connectivity index (χ0v) is 18.7. The van der Waals surface area contributed by atoms with E-state index in [9.17, 15) is 9.59 Å². The van der Waals surface area contributed by atoms with Crippen molar-refractivity contribution >= 4 is 52.0 Å². The molecule has 0 unspecified atom stereocenters. The minimum absolute atomic E-state index is 0.0324. The molecule has 0 saturated carbocycles. The molecule has 0 atom stereocenters. The standard InChI is InChI=1S/C20H15Cl2N7O2S/c21-14-5-11(1-3-16(14)29-10-23-9-24-29)25-20(31)19-13-7-28(8-15(13)26-27-19)18(30)6-12-2-4-17(22)32-12/h1-5,9-10H,6-8H2,(H,25,31)(H,26,27). The molecule has 1 aromatic carbocycles. The van der Waals surface area contributed by atoms with Crippen LogP contribution >= 0.6 is 34.5 Å². The van der Waals surface area contributed by atoms with Crippen molar-refractivity contribution in [3.8, 4) is 5.69 Å². The summed E-state index contributed by atoms with van der Waals surface area (Å²) >= 11 is 13.7. The van der Waals surface area contributed by atoms with Gasteiger partial charge in [-0.25, -0.2) is 9.67 Å². The first-order chi connectivity index (χ1) is 15.5. The Balaban J connectivity index is 1.27. The van der Waals surface area contributed by atoms with Crippen LogP contribution in [0.3, 0.4) is 0 Å². The van der Waals surface area contributed by atoms with Gasteiger partial charge in [-0.15, -0.1) is 11.3 Å². The molecule has 2 N–H and O–H groups in total. The van der Waals surface area contributed by atoms with Gasteiger partial charge in [0.05, 0.1) is 40.3 Å². The molecule has 162 valence electrons. The van der Waals surface area contributed by atoms with E-state index in [4.69, 9.17) is 23.2 Å². The number of fused-ring (bicyclic) bond motifs is 1. The van der Waals surface area contributed by atoms with Crippen LogP contribution in [0.2, 0.25) is 9.36 Å². The van der Waals surface area contributed by atoms with Crippen molar-refractivity contribution in [3.05, 3.63) is 74.2 Å². The van der Waals surface area contributed by atoms with E-state index in [1.165, 1.54) is 28.7 Å². The summed E-state index contributed by atoms with van der Waals surface area (Å²) in [5.41, 5.74) is 2.88. The van der Waals surface area contributed by atoms with Crippen molar-refractivity contribution in [1.29, 1.82) is 0 Å². The maximum absolute atomic E-state index is 12.8. The molecule has 0 aliphatic carbocycles. The number of carbonyl (C=O) groups excluding carboxylic acids is 2. The molecular formula is C20H15Cl2N7O2S. The molecule has 1 aliphatic rings. The van der Waals surface area contributed by atoms with Gasteiger partial charge in [-0.2, -0.15) is 10.2 Å². The largest absolute Gasteiger partial charge is 0.332 e. The van der Waals surface area contributed by atoms with Crippen LogP contribution in [-0.4, -0.2) is 41.7 Å². The number of aromatic amines is 1. The van der Waals surface area contributed by atoms with Crippen LogP contribution < -0.4 is 5.32 Å². The third kappa shape index (κ3) is 3.99. The van der Waals surface area contributed by atoms with Gasteiger partial charge in [-0.1, -0.05) is 23.2 Å². The number of thiophene rings is 1. The van der Waals surface area contributed by atoms with Gasteiger partial charge in [-0.05, 0) is 30.3 Å². The highest BCUT2D eigenvalue weighted by Crippen LogP contribution is 2.28. The smallest absolute Gasteiger partial charge is 0.276 e. The fourth-order valence-corrected chi connectivity index (χ4v) is 4.85. The van der Waals surface area contributed by atoms with Crippen LogP contribution in [0.1, 0.15) is 26.6 Å². The lowest BCUT2D eigenvalue weighted by Crippen LogP contribution is -2.27. The SMILES string of the molecule is O=C(Nc1ccc(-n2cncn2)c(Cl)c1)c1n[nH]c2c1CN(C(=O)Cc1ccc(Cl)s1)C2. The van der Waals surface area contributed by atoms with Crippen molar-refractivity contribution in [2.24, 2.45) is 0 Å². The van der Waals surface area contributed by atoms with Crippen molar-refractivity contribution in [3.63, 3.8) is 0 Å². The zero-order chi connectivity index (χ0) is 22.2. The van der Waals surface area contributed by atoms with Crippen LogP contribution in [0.4, 0.5) is 5.69 Å². The minimum atomic E-state index is -0.383. The van der Waals surface area contributed by atoms with Crippen LogP contribution in [-0.2, 0) is 24.3 Å². The molecule has 9 nitrogen and oxygen atoms in total. The molecule has 4 aromatic rings. The van der Waals surface area contributed by atoms with E-state index in [-0.39, 0.29) is 23.9 Å². The Morgan fingerprint density at radius 3 is 2.78 bits per heavy atom.